The second-order valence-electron chi connectivity index (χ2n) is 4.44. The lowest BCUT2D eigenvalue weighted by molar-refractivity contribution is -0.141. The van der Waals surface area contributed by atoms with Crippen molar-refractivity contribution in [3.05, 3.63) is 30.2 Å². The number of carbonyl (C=O) groups is 2. The van der Waals surface area contributed by atoms with E-state index >= 15 is 0 Å². The molecule has 2 rings (SSSR count). The maximum Gasteiger partial charge on any atom is 0.326 e. The lowest BCUT2D eigenvalue weighted by Gasteiger charge is -2.11. The van der Waals surface area contributed by atoms with Crippen LogP contribution in [0, 0.1) is 0 Å². The van der Waals surface area contributed by atoms with Crippen molar-refractivity contribution in [2.45, 2.75) is 32.2 Å². The van der Waals surface area contributed by atoms with E-state index in [2.05, 4.69) is 10.3 Å². The number of hydrogen-bond donors (Lipinski definition) is 2. The van der Waals surface area contributed by atoms with Crippen molar-refractivity contribution in [2.24, 2.45) is 0 Å². The molecular formula is C14H16N2O4. The highest BCUT2D eigenvalue weighted by Gasteiger charge is 2.17. The zero-order chi connectivity index (χ0) is 14.5. The molecule has 6 nitrogen and oxygen atoms in total. The number of hydrogen-bond acceptors (Lipinski definition) is 4. The Hall–Kier alpha value is -2.37. The molecule has 2 N–H and O–H groups in total. The Morgan fingerprint density at radius 1 is 1.40 bits per heavy atom. The average molecular weight is 276 g/mol. The monoisotopic (exact) mass is 276 g/mol. The molecule has 0 radical (unpaired) electrons. The summed E-state index contributed by atoms with van der Waals surface area (Å²) in [6.07, 6.45) is 0.844. The largest absolute Gasteiger partial charge is 0.480 e. The van der Waals surface area contributed by atoms with Gasteiger partial charge in [0.2, 0.25) is 5.91 Å². The number of benzene rings is 1. The van der Waals surface area contributed by atoms with E-state index in [1.54, 1.807) is 6.92 Å². The smallest absolute Gasteiger partial charge is 0.326 e. The summed E-state index contributed by atoms with van der Waals surface area (Å²) in [5.41, 5.74) is 1.43. The molecule has 0 saturated heterocycles. The maximum absolute atomic E-state index is 11.7. The van der Waals surface area contributed by atoms with Crippen molar-refractivity contribution in [2.75, 3.05) is 0 Å². The van der Waals surface area contributed by atoms with Crippen LogP contribution in [0.3, 0.4) is 0 Å². The number of nitrogens with zero attached hydrogens (tertiary/aromatic N) is 1. The number of oxazole rings is 1. The van der Waals surface area contributed by atoms with Gasteiger partial charge in [0.1, 0.15) is 11.6 Å². The first-order valence-corrected chi connectivity index (χ1v) is 6.46. The minimum atomic E-state index is -1.03. The van der Waals surface area contributed by atoms with Crippen LogP contribution in [0.4, 0.5) is 0 Å². The van der Waals surface area contributed by atoms with Gasteiger partial charge in [-0.25, -0.2) is 9.78 Å². The number of aliphatic carboxylic acids is 1. The summed E-state index contributed by atoms with van der Waals surface area (Å²) in [4.78, 5) is 26.7. The normalized spacial score (nSPS) is 12.2. The van der Waals surface area contributed by atoms with Crippen LogP contribution in [0.5, 0.6) is 0 Å². The molecule has 0 fully saturated rings. The van der Waals surface area contributed by atoms with Gasteiger partial charge in [0, 0.05) is 12.8 Å². The highest BCUT2D eigenvalue weighted by atomic mass is 16.4. The van der Waals surface area contributed by atoms with Gasteiger partial charge >= 0.3 is 5.97 Å². The van der Waals surface area contributed by atoms with Crippen molar-refractivity contribution in [1.82, 2.24) is 10.3 Å². The first-order valence-electron chi connectivity index (χ1n) is 6.46. The van der Waals surface area contributed by atoms with Gasteiger partial charge in [-0.2, -0.15) is 0 Å². The van der Waals surface area contributed by atoms with Crippen LogP contribution in [0.15, 0.2) is 28.7 Å². The summed E-state index contributed by atoms with van der Waals surface area (Å²) in [5, 5.41) is 11.3. The van der Waals surface area contributed by atoms with Crippen molar-refractivity contribution in [1.29, 1.82) is 0 Å². The topological polar surface area (TPSA) is 92.4 Å². The van der Waals surface area contributed by atoms with Crippen LogP contribution in [0.25, 0.3) is 11.1 Å². The minimum Gasteiger partial charge on any atom is -0.480 e. The second kappa shape index (κ2) is 6.18. The number of aryl methyl sites for hydroxylation is 1. The number of aromatic nitrogens is 1. The second-order valence-corrected chi connectivity index (χ2v) is 4.44. The third-order valence-corrected chi connectivity index (χ3v) is 2.95. The molecule has 20 heavy (non-hydrogen) atoms. The fourth-order valence-corrected chi connectivity index (χ4v) is 1.85. The van der Waals surface area contributed by atoms with E-state index in [4.69, 9.17) is 9.52 Å². The number of amides is 1. The summed E-state index contributed by atoms with van der Waals surface area (Å²) in [6, 6.07) is 6.51. The molecule has 0 aliphatic rings. The van der Waals surface area contributed by atoms with Crippen molar-refractivity contribution >= 4 is 23.0 Å². The summed E-state index contributed by atoms with van der Waals surface area (Å²) >= 11 is 0. The van der Waals surface area contributed by atoms with E-state index in [-0.39, 0.29) is 12.3 Å². The lowest BCUT2D eigenvalue weighted by atomic mass is 10.2. The SMILES string of the molecule is CCC(NC(=O)CCc1nc2ccccc2o1)C(=O)O. The Balaban J connectivity index is 1.91. The van der Waals surface area contributed by atoms with E-state index < -0.39 is 12.0 Å². The van der Waals surface area contributed by atoms with Gasteiger partial charge in [-0.15, -0.1) is 0 Å². The minimum absolute atomic E-state index is 0.149. The molecule has 0 aliphatic heterocycles. The number of para-hydroxylation sites is 2. The Bertz CT molecular complexity index is 587. The van der Waals surface area contributed by atoms with E-state index in [1.807, 2.05) is 24.3 Å². The van der Waals surface area contributed by atoms with Gasteiger partial charge < -0.3 is 14.8 Å². The first kappa shape index (κ1) is 14.0. The van der Waals surface area contributed by atoms with Crippen molar-refractivity contribution < 1.29 is 19.1 Å². The molecular weight excluding hydrogens is 260 g/mol. The van der Waals surface area contributed by atoms with Crippen LogP contribution in [-0.4, -0.2) is 28.0 Å². The molecule has 0 saturated carbocycles. The highest BCUT2D eigenvalue weighted by molar-refractivity contribution is 5.83. The predicted octanol–water partition coefficient (Wildman–Crippen LogP) is 1.74. The maximum atomic E-state index is 11.7. The Morgan fingerprint density at radius 2 is 2.15 bits per heavy atom. The fourth-order valence-electron chi connectivity index (χ4n) is 1.85. The molecule has 0 aliphatic carbocycles. The van der Waals surface area contributed by atoms with E-state index in [1.165, 1.54) is 0 Å². The first-order chi connectivity index (χ1) is 9.60. The zero-order valence-corrected chi connectivity index (χ0v) is 11.1. The molecule has 0 spiro atoms. The summed E-state index contributed by atoms with van der Waals surface area (Å²) in [5.74, 6) is -0.867. The van der Waals surface area contributed by atoms with Gasteiger partial charge in [0.25, 0.3) is 0 Å². The molecule has 1 aromatic heterocycles. The van der Waals surface area contributed by atoms with Gasteiger partial charge in [0.15, 0.2) is 11.5 Å². The number of carbonyl (C=O) groups excluding carboxylic acids is 1. The number of carboxylic acids is 1. The van der Waals surface area contributed by atoms with Gasteiger partial charge in [-0.3, -0.25) is 4.79 Å². The Labute approximate surface area is 115 Å². The molecule has 0 bridgehead atoms. The van der Waals surface area contributed by atoms with Crippen LogP contribution < -0.4 is 5.32 Å². The molecule has 1 heterocycles. The van der Waals surface area contributed by atoms with Crippen LogP contribution in [0.2, 0.25) is 0 Å². The molecule has 2 aromatic rings. The van der Waals surface area contributed by atoms with E-state index in [9.17, 15) is 9.59 Å². The van der Waals surface area contributed by atoms with Crippen molar-refractivity contribution in [3.8, 4) is 0 Å². The lowest BCUT2D eigenvalue weighted by Crippen LogP contribution is -2.40. The highest BCUT2D eigenvalue weighted by Crippen LogP contribution is 2.15. The third kappa shape index (κ3) is 3.34. The summed E-state index contributed by atoms with van der Waals surface area (Å²) in [6.45, 7) is 1.71. The Kier molecular flexibility index (Phi) is 4.34. The van der Waals surface area contributed by atoms with Gasteiger partial charge in [0.05, 0.1) is 0 Å². The number of carboxylic acid groups (broad SMARTS) is 1. The standard InChI is InChI=1S/C14H16N2O4/c1-2-9(14(18)19)15-12(17)7-8-13-16-10-5-3-4-6-11(10)20-13/h3-6,9H,2,7-8H2,1H3,(H,15,17)(H,18,19). The average Bonchev–Trinajstić information content (AvgIpc) is 2.85. The molecule has 1 unspecified atom stereocenters. The van der Waals surface area contributed by atoms with Gasteiger partial charge in [-0.05, 0) is 18.6 Å². The number of rotatable bonds is 6. The Morgan fingerprint density at radius 3 is 2.80 bits per heavy atom. The van der Waals surface area contributed by atoms with E-state index in [0.29, 0.717) is 24.3 Å². The summed E-state index contributed by atoms with van der Waals surface area (Å²) in [7, 11) is 0. The quantitative estimate of drug-likeness (QED) is 0.838. The fraction of sp³-hybridized carbons (Fsp3) is 0.357. The molecule has 106 valence electrons. The number of nitrogens with one attached hydrogen (secondary N) is 1. The van der Waals surface area contributed by atoms with Crippen molar-refractivity contribution in [3.63, 3.8) is 0 Å². The molecule has 1 amide bonds. The zero-order valence-electron chi connectivity index (χ0n) is 11.1. The number of fused-ring (bicyclic) bond motifs is 1. The molecule has 1 aromatic carbocycles. The van der Waals surface area contributed by atoms with Crippen LogP contribution >= 0.6 is 0 Å². The van der Waals surface area contributed by atoms with Gasteiger partial charge in [-0.1, -0.05) is 19.1 Å². The van der Waals surface area contributed by atoms with Crippen LogP contribution in [0.1, 0.15) is 25.7 Å². The third-order valence-electron chi connectivity index (χ3n) is 2.95. The molecule has 1 atom stereocenters. The molecule has 6 heteroatoms. The van der Waals surface area contributed by atoms with E-state index in [0.717, 1.165) is 5.52 Å². The predicted molar refractivity (Wildman–Crippen MR) is 72.2 cm³/mol. The summed E-state index contributed by atoms with van der Waals surface area (Å²) < 4.78 is 5.49. The van der Waals surface area contributed by atoms with Crippen LogP contribution in [-0.2, 0) is 16.0 Å².